The number of pyridine rings is 1. The lowest BCUT2D eigenvalue weighted by atomic mass is 9.89. The molecule has 1 saturated heterocycles. The molecule has 0 radical (unpaired) electrons. The molecular weight excluding hydrogens is 582 g/mol. The van der Waals surface area contributed by atoms with Gasteiger partial charge in [-0.1, -0.05) is 13.8 Å². The average molecular weight is 610 g/mol. The molecule has 14 heteroatoms. The van der Waals surface area contributed by atoms with Gasteiger partial charge in [-0.3, -0.25) is 18.8 Å². The molecule has 1 aliphatic heterocycles. The number of nitrogens with zero attached hydrogens (tertiary/aromatic N) is 6. The van der Waals surface area contributed by atoms with Crippen molar-refractivity contribution in [2.75, 3.05) is 29.3 Å². The molecule has 1 aromatic carbocycles. The molecule has 0 spiro atoms. The molecule has 6 rings (SSSR count). The average Bonchev–Trinajstić information content (AvgIpc) is 3.72. The number of fused-ring (bicyclic) bond motifs is 2. The summed E-state index contributed by atoms with van der Waals surface area (Å²) in [7, 11) is -1.79. The van der Waals surface area contributed by atoms with Crippen molar-refractivity contribution >= 4 is 50.4 Å². The lowest BCUT2D eigenvalue weighted by Gasteiger charge is -2.30. The zero-order valence-corrected chi connectivity index (χ0v) is 24.7. The monoisotopic (exact) mass is 609 g/mol. The van der Waals surface area contributed by atoms with Gasteiger partial charge in [0.05, 0.1) is 35.1 Å². The summed E-state index contributed by atoms with van der Waals surface area (Å²) in [6.45, 7) is 3.71. The molecule has 1 atom stereocenters. The Balaban J connectivity index is 1.52. The number of amides is 2. The van der Waals surface area contributed by atoms with E-state index in [2.05, 4.69) is 20.6 Å². The Morgan fingerprint density at radius 1 is 1.19 bits per heavy atom. The fraction of sp³-hybridized carbons (Fsp3) is 0.357. The molecule has 1 fully saturated rings. The van der Waals surface area contributed by atoms with Crippen LogP contribution in [0.4, 0.5) is 5.69 Å². The first-order valence-electron chi connectivity index (χ1n) is 13.4. The second-order valence-corrected chi connectivity index (χ2v) is 13.7. The smallest absolute Gasteiger partial charge is 0.257 e. The van der Waals surface area contributed by atoms with Crippen molar-refractivity contribution in [3.05, 3.63) is 59.4 Å². The van der Waals surface area contributed by atoms with E-state index < -0.39 is 27.2 Å². The van der Waals surface area contributed by atoms with E-state index in [1.54, 1.807) is 52.8 Å². The Morgan fingerprint density at radius 2 is 1.98 bits per heavy atom. The zero-order chi connectivity index (χ0) is 30.0. The number of rotatable bonds is 6. The number of halogens is 1. The molecule has 0 bridgehead atoms. The molecule has 218 valence electrons. The van der Waals surface area contributed by atoms with E-state index in [4.69, 9.17) is 11.6 Å². The summed E-state index contributed by atoms with van der Waals surface area (Å²) in [5.74, 6) is -1.09. The third-order valence-corrected chi connectivity index (χ3v) is 9.88. The second-order valence-electron chi connectivity index (χ2n) is 11.2. The zero-order valence-electron chi connectivity index (χ0n) is 23.2. The molecule has 1 N–H and O–H groups in total. The van der Waals surface area contributed by atoms with Crippen LogP contribution in [0.25, 0.3) is 22.9 Å². The van der Waals surface area contributed by atoms with Gasteiger partial charge < -0.3 is 10.2 Å². The third kappa shape index (κ3) is 4.56. The van der Waals surface area contributed by atoms with Crippen molar-refractivity contribution in [2.45, 2.75) is 32.7 Å². The van der Waals surface area contributed by atoms with Crippen molar-refractivity contribution in [3.63, 3.8) is 0 Å². The van der Waals surface area contributed by atoms with Crippen LogP contribution in [-0.2, 0) is 21.1 Å². The van der Waals surface area contributed by atoms with Crippen molar-refractivity contribution in [2.24, 2.45) is 5.41 Å². The number of alkyl halides is 1. The van der Waals surface area contributed by atoms with E-state index in [-0.39, 0.29) is 35.5 Å². The molecule has 4 aromatic rings. The van der Waals surface area contributed by atoms with Gasteiger partial charge in [0.1, 0.15) is 5.88 Å². The Bertz CT molecular complexity index is 1900. The van der Waals surface area contributed by atoms with Crippen LogP contribution in [0.15, 0.2) is 42.7 Å². The first-order chi connectivity index (χ1) is 19.9. The van der Waals surface area contributed by atoms with Crippen molar-refractivity contribution in [1.82, 2.24) is 29.7 Å². The van der Waals surface area contributed by atoms with E-state index in [0.29, 0.717) is 46.1 Å². The predicted molar refractivity (Wildman–Crippen MR) is 156 cm³/mol. The quantitative estimate of drug-likeness (QED) is 0.328. The number of carbonyl (C=O) groups excluding carboxylic acids is 3. The summed E-state index contributed by atoms with van der Waals surface area (Å²) in [5.41, 5.74) is 2.93. The largest absolute Gasteiger partial charge is 0.355 e. The highest BCUT2D eigenvalue weighted by Gasteiger charge is 2.43. The van der Waals surface area contributed by atoms with Gasteiger partial charge in [-0.2, -0.15) is 9.78 Å². The summed E-state index contributed by atoms with van der Waals surface area (Å²) >= 11 is 6.03. The maximum atomic E-state index is 13.6. The summed E-state index contributed by atoms with van der Waals surface area (Å²) < 4.78 is 28.1. The van der Waals surface area contributed by atoms with Crippen LogP contribution in [0.2, 0.25) is 0 Å². The Kier molecular flexibility index (Phi) is 6.69. The highest BCUT2D eigenvalue weighted by Crippen LogP contribution is 2.44. The fourth-order valence-corrected chi connectivity index (χ4v) is 7.72. The topological polar surface area (TPSA) is 149 Å². The van der Waals surface area contributed by atoms with Crippen LogP contribution in [0.3, 0.4) is 0 Å². The number of benzene rings is 1. The summed E-state index contributed by atoms with van der Waals surface area (Å²) in [6.07, 6.45) is 3.97. The number of sulfone groups is 1. The van der Waals surface area contributed by atoms with Gasteiger partial charge >= 0.3 is 0 Å². The van der Waals surface area contributed by atoms with Gasteiger partial charge in [0.15, 0.2) is 21.3 Å². The minimum absolute atomic E-state index is 0.0423. The van der Waals surface area contributed by atoms with Crippen LogP contribution in [0.1, 0.15) is 46.5 Å². The normalized spacial score (nSPS) is 18.8. The molecule has 0 unspecified atom stereocenters. The minimum atomic E-state index is -3.34. The molecule has 0 saturated carbocycles. The molecule has 2 aliphatic rings. The Hall–Kier alpha value is -4.10. The van der Waals surface area contributed by atoms with E-state index in [9.17, 15) is 22.8 Å². The fourth-order valence-electron chi connectivity index (χ4n) is 5.89. The number of anilines is 1. The molecule has 4 heterocycles. The lowest BCUT2D eigenvalue weighted by molar-refractivity contribution is -0.116. The molecule has 42 heavy (non-hydrogen) atoms. The van der Waals surface area contributed by atoms with E-state index in [1.165, 1.54) is 4.90 Å². The number of aromatic nitrogens is 5. The van der Waals surface area contributed by atoms with Gasteiger partial charge in [0.2, 0.25) is 5.91 Å². The number of nitrogens with one attached hydrogen (secondary N) is 1. The standard InChI is InChI=1S/C28H28ClN7O5S/c1-28(2)13-18-10-17(11-21(24(18)25(28)38)35(23(37)14-29)19-6-9-42(40,41)15-19)20-4-7-31-36(20)27-33-32-22-12-16(26(39)30-3)5-8-34(22)27/h4-5,7-8,10-12,19H,6,9,13-15H2,1-3H3,(H,30,39)/t19-/m0/s1. The van der Waals surface area contributed by atoms with Crippen LogP contribution in [0.5, 0.6) is 0 Å². The van der Waals surface area contributed by atoms with Crippen LogP contribution < -0.4 is 10.2 Å². The van der Waals surface area contributed by atoms with Crippen LogP contribution in [0, 0.1) is 5.41 Å². The highest BCUT2D eigenvalue weighted by atomic mass is 35.5. The van der Waals surface area contributed by atoms with E-state index >= 15 is 0 Å². The van der Waals surface area contributed by atoms with Gasteiger partial charge in [-0.25, -0.2) is 8.42 Å². The third-order valence-electron chi connectivity index (χ3n) is 7.90. The summed E-state index contributed by atoms with van der Waals surface area (Å²) in [6, 6.07) is 8.03. The molecule has 2 amide bonds. The van der Waals surface area contributed by atoms with E-state index in [1.807, 2.05) is 19.9 Å². The first-order valence-corrected chi connectivity index (χ1v) is 15.7. The number of hydrogen-bond acceptors (Lipinski definition) is 8. The SMILES string of the molecule is CNC(=O)c1ccn2c(-n3nccc3-c3cc4c(c(N(C(=O)CCl)[C@H]5CCS(=O)(=O)C5)c3)C(=O)C(C)(C)C4)nnc2c1. The van der Waals surface area contributed by atoms with Crippen molar-refractivity contribution < 1.29 is 22.8 Å². The van der Waals surface area contributed by atoms with Crippen molar-refractivity contribution in [1.29, 1.82) is 0 Å². The maximum Gasteiger partial charge on any atom is 0.257 e. The second kappa shape index (κ2) is 10.0. The molecule has 3 aromatic heterocycles. The predicted octanol–water partition coefficient (Wildman–Crippen LogP) is 2.47. The maximum absolute atomic E-state index is 13.6. The summed E-state index contributed by atoms with van der Waals surface area (Å²) in [4.78, 5) is 40.4. The van der Waals surface area contributed by atoms with E-state index in [0.717, 1.165) is 5.56 Å². The Labute approximate surface area is 246 Å². The number of carbonyl (C=O) groups is 3. The van der Waals surface area contributed by atoms with Crippen LogP contribution >= 0.6 is 11.6 Å². The first kappa shape index (κ1) is 28.0. The van der Waals surface area contributed by atoms with Gasteiger partial charge in [-0.05, 0) is 48.7 Å². The Morgan fingerprint density at radius 3 is 2.67 bits per heavy atom. The lowest BCUT2D eigenvalue weighted by Crippen LogP contribution is -2.43. The molecule has 12 nitrogen and oxygen atoms in total. The summed E-state index contributed by atoms with van der Waals surface area (Å²) in [5, 5.41) is 15.6. The van der Waals surface area contributed by atoms with Crippen LogP contribution in [-0.4, -0.2) is 80.9 Å². The number of hydrogen-bond donors (Lipinski definition) is 1. The van der Waals surface area contributed by atoms with Gasteiger partial charge in [0.25, 0.3) is 11.9 Å². The highest BCUT2D eigenvalue weighted by molar-refractivity contribution is 7.91. The van der Waals surface area contributed by atoms with Gasteiger partial charge in [-0.15, -0.1) is 21.8 Å². The molecule has 1 aliphatic carbocycles. The van der Waals surface area contributed by atoms with Crippen molar-refractivity contribution in [3.8, 4) is 17.2 Å². The number of Topliss-reactive ketones (excluding diaryl/α,β-unsaturated/α-hetero) is 1. The number of ketones is 1. The minimum Gasteiger partial charge on any atom is -0.355 e. The molecular formula is C28H28ClN7O5S. The van der Waals surface area contributed by atoms with Gasteiger partial charge in [0, 0.05) is 35.3 Å².